The van der Waals surface area contributed by atoms with Crippen LogP contribution < -0.4 is 0 Å². The Labute approximate surface area is 130 Å². The summed E-state index contributed by atoms with van der Waals surface area (Å²) in [6, 6.07) is 18.3. The highest BCUT2D eigenvalue weighted by atomic mass is 32.2. The van der Waals surface area contributed by atoms with Crippen LogP contribution in [0.4, 0.5) is 0 Å². The Morgan fingerprint density at radius 2 is 1.52 bits per heavy atom. The SMILES string of the molecule is CCCCCCc1ccc([S@](=O)Cc2ccccc2)cc1. The third kappa shape index (κ3) is 5.47. The van der Waals surface area contributed by atoms with Crippen molar-refractivity contribution in [1.29, 1.82) is 0 Å². The molecule has 0 saturated carbocycles. The molecule has 0 N–H and O–H groups in total. The van der Waals surface area contributed by atoms with Crippen LogP contribution in [0.1, 0.15) is 43.7 Å². The van der Waals surface area contributed by atoms with Gasteiger partial charge in [-0.1, -0.05) is 68.7 Å². The van der Waals surface area contributed by atoms with Gasteiger partial charge in [-0.3, -0.25) is 4.21 Å². The van der Waals surface area contributed by atoms with E-state index in [0.29, 0.717) is 5.75 Å². The van der Waals surface area contributed by atoms with Crippen LogP contribution in [-0.2, 0) is 23.0 Å². The fourth-order valence-electron chi connectivity index (χ4n) is 2.37. The first-order chi connectivity index (χ1) is 10.3. The molecular weight excluding hydrogens is 276 g/mol. The Morgan fingerprint density at radius 3 is 2.19 bits per heavy atom. The lowest BCUT2D eigenvalue weighted by Gasteiger charge is -2.05. The number of hydrogen-bond donors (Lipinski definition) is 0. The van der Waals surface area contributed by atoms with Crippen LogP contribution in [0.15, 0.2) is 59.5 Å². The molecule has 21 heavy (non-hydrogen) atoms. The lowest BCUT2D eigenvalue weighted by atomic mass is 10.1. The molecule has 0 radical (unpaired) electrons. The Kier molecular flexibility index (Phi) is 6.68. The van der Waals surface area contributed by atoms with Crippen molar-refractivity contribution in [3.05, 3.63) is 65.7 Å². The molecule has 0 unspecified atom stereocenters. The van der Waals surface area contributed by atoms with E-state index in [1.165, 1.54) is 31.2 Å². The van der Waals surface area contributed by atoms with Gasteiger partial charge in [0.15, 0.2) is 0 Å². The number of aryl methyl sites for hydroxylation is 1. The van der Waals surface area contributed by atoms with Crippen molar-refractivity contribution in [2.75, 3.05) is 0 Å². The molecule has 0 bridgehead atoms. The minimum absolute atomic E-state index is 0.594. The summed E-state index contributed by atoms with van der Waals surface area (Å²) in [6.45, 7) is 2.23. The third-order valence-electron chi connectivity index (χ3n) is 3.65. The largest absolute Gasteiger partial charge is 0.254 e. The smallest absolute Gasteiger partial charge is 0.0574 e. The molecule has 0 heterocycles. The number of hydrogen-bond acceptors (Lipinski definition) is 1. The standard InChI is InChI=1S/C19H24OS/c1-2-3-4-6-9-17-12-14-19(15-13-17)21(20)16-18-10-7-5-8-11-18/h5,7-8,10-15H,2-4,6,9,16H2,1H3/t21-/m1/s1. The second-order valence-corrected chi connectivity index (χ2v) is 6.88. The first kappa shape index (κ1) is 16.0. The van der Waals surface area contributed by atoms with E-state index in [9.17, 15) is 4.21 Å². The molecule has 2 heteroatoms. The third-order valence-corrected chi connectivity index (χ3v) is 5.04. The zero-order chi connectivity index (χ0) is 14.9. The summed E-state index contributed by atoms with van der Waals surface area (Å²) in [5.41, 5.74) is 2.48. The summed E-state index contributed by atoms with van der Waals surface area (Å²) in [4.78, 5) is 0.927. The molecule has 0 aromatic heterocycles. The first-order valence-electron chi connectivity index (χ1n) is 7.81. The van der Waals surface area contributed by atoms with Gasteiger partial charge >= 0.3 is 0 Å². The van der Waals surface area contributed by atoms with Gasteiger partial charge in [0.25, 0.3) is 0 Å². The van der Waals surface area contributed by atoms with Crippen LogP contribution in [-0.4, -0.2) is 4.21 Å². The Hall–Kier alpha value is -1.41. The highest BCUT2D eigenvalue weighted by Gasteiger charge is 2.05. The summed E-state index contributed by atoms with van der Waals surface area (Å²) in [6.07, 6.45) is 6.28. The zero-order valence-electron chi connectivity index (χ0n) is 12.8. The fourth-order valence-corrected chi connectivity index (χ4v) is 3.47. The maximum absolute atomic E-state index is 12.3. The van der Waals surface area contributed by atoms with Gasteiger partial charge in [-0.05, 0) is 36.1 Å². The van der Waals surface area contributed by atoms with E-state index in [1.54, 1.807) is 0 Å². The first-order valence-corrected chi connectivity index (χ1v) is 9.12. The van der Waals surface area contributed by atoms with E-state index in [1.807, 2.05) is 42.5 Å². The second kappa shape index (κ2) is 8.78. The molecule has 0 aliphatic rings. The minimum Gasteiger partial charge on any atom is -0.254 e. The number of unbranched alkanes of at least 4 members (excludes halogenated alkanes) is 3. The van der Waals surface area contributed by atoms with Crippen LogP contribution in [0.3, 0.4) is 0 Å². The topological polar surface area (TPSA) is 17.1 Å². The predicted molar refractivity (Wildman–Crippen MR) is 90.8 cm³/mol. The Morgan fingerprint density at radius 1 is 0.810 bits per heavy atom. The lowest BCUT2D eigenvalue weighted by molar-refractivity contribution is 0.666. The van der Waals surface area contributed by atoms with Crippen molar-refractivity contribution in [1.82, 2.24) is 0 Å². The van der Waals surface area contributed by atoms with Crippen molar-refractivity contribution < 1.29 is 4.21 Å². The monoisotopic (exact) mass is 300 g/mol. The van der Waals surface area contributed by atoms with Crippen LogP contribution in [0.2, 0.25) is 0 Å². The highest BCUT2D eigenvalue weighted by Crippen LogP contribution is 2.15. The van der Waals surface area contributed by atoms with Gasteiger partial charge in [0.05, 0.1) is 16.6 Å². The lowest BCUT2D eigenvalue weighted by Crippen LogP contribution is -1.96. The summed E-state index contributed by atoms with van der Waals surface area (Å²) in [5.74, 6) is 0.594. The summed E-state index contributed by atoms with van der Waals surface area (Å²) < 4.78 is 12.3. The van der Waals surface area contributed by atoms with E-state index in [4.69, 9.17) is 0 Å². The average molecular weight is 300 g/mol. The number of rotatable bonds is 8. The molecule has 1 nitrogen and oxygen atoms in total. The molecular formula is C19H24OS. The molecule has 2 rings (SSSR count). The second-order valence-electron chi connectivity index (χ2n) is 5.43. The summed E-state index contributed by atoms with van der Waals surface area (Å²) in [5, 5.41) is 0. The highest BCUT2D eigenvalue weighted by molar-refractivity contribution is 7.84. The van der Waals surface area contributed by atoms with Crippen LogP contribution in [0.5, 0.6) is 0 Å². The fraction of sp³-hybridized carbons (Fsp3) is 0.368. The van der Waals surface area contributed by atoms with E-state index in [0.717, 1.165) is 16.9 Å². The van der Waals surface area contributed by atoms with Crippen molar-refractivity contribution in [2.45, 2.75) is 49.7 Å². The molecule has 0 saturated heterocycles. The van der Waals surface area contributed by atoms with Gasteiger partial charge in [-0.15, -0.1) is 0 Å². The minimum atomic E-state index is -0.951. The predicted octanol–water partition coefficient (Wildman–Crippen LogP) is 5.12. The van der Waals surface area contributed by atoms with E-state index < -0.39 is 10.8 Å². The van der Waals surface area contributed by atoms with Gasteiger partial charge in [0.2, 0.25) is 0 Å². The van der Waals surface area contributed by atoms with Crippen LogP contribution in [0.25, 0.3) is 0 Å². The maximum atomic E-state index is 12.3. The normalized spacial score (nSPS) is 12.2. The van der Waals surface area contributed by atoms with Gasteiger partial charge in [-0.25, -0.2) is 0 Å². The van der Waals surface area contributed by atoms with E-state index >= 15 is 0 Å². The average Bonchev–Trinajstić information content (AvgIpc) is 2.53. The quantitative estimate of drug-likeness (QED) is 0.619. The van der Waals surface area contributed by atoms with E-state index in [-0.39, 0.29) is 0 Å². The van der Waals surface area contributed by atoms with Gasteiger partial charge in [0.1, 0.15) is 0 Å². The van der Waals surface area contributed by atoms with Gasteiger partial charge in [-0.2, -0.15) is 0 Å². The van der Waals surface area contributed by atoms with Gasteiger partial charge in [0, 0.05) is 4.90 Å². The van der Waals surface area contributed by atoms with Crippen LogP contribution >= 0.6 is 0 Å². The molecule has 0 amide bonds. The summed E-state index contributed by atoms with van der Waals surface area (Å²) >= 11 is 0. The maximum Gasteiger partial charge on any atom is 0.0574 e. The van der Waals surface area contributed by atoms with Gasteiger partial charge < -0.3 is 0 Å². The molecule has 0 aliphatic carbocycles. The van der Waals surface area contributed by atoms with Crippen LogP contribution in [0, 0.1) is 0 Å². The molecule has 0 aliphatic heterocycles. The molecule has 112 valence electrons. The molecule has 2 aromatic rings. The van der Waals surface area contributed by atoms with E-state index in [2.05, 4.69) is 19.1 Å². The molecule has 2 aromatic carbocycles. The molecule has 0 fully saturated rings. The molecule has 0 spiro atoms. The van der Waals surface area contributed by atoms with Crippen molar-refractivity contribution in [3.63, 3.8) is 0 Å². The Balaban J connectivity index is 1.88. The van der Waals surface area contributed by atoms with Crippen molar-refractivity contribution in [3.8, 4) is 0 Å². The zero-order valence-corrected chi connectivity index (χ0v) is 13.6. The number of benzene rings is 2. The Bertz CT molecular complexity index is 546. The summed E-state index contributed by atoms with van der Waals surface area (Å²) in [7, 11) is -0.951. The van der Waals surface area contributed by atoms with Crippen molar-refractivity contribution in [2.24, 2.45) is 0 Å². The molecule has 1 atom stereocenters. The van der Waals surface area contributed by atoms with Crippen molar-refractivity contribution >= 4 is 10.8 Å².